The SMILES string of the molecule is Brc1ccc(/C=C2\CCCC3C2=NN(c2ccccc2)C3c2ccc(Br)cc2)cc1. The molecule has 2 unspecified atom stereocenters. The van der Waals surface area contributed by atoms with E-state index < -0.39 is 0 Å². The molecule has 0 amide bonds. The lowest BCUT2D eigenvalue weighted by atomic mass is 9.77. The van der Waals surface area contributed by atoms with Crippen LogP contribution >= 0.6 is 31.9 Å². The zero-order valence-corrected chi connectivity index (χ0v) is 19.7. The Kier molecular flexibility index (Phi) is 5.62. The maximum atomic E-state index is 5.22. The van der Waals surface area contributed by atoms with E-state index in [0.29, 0.717) is 5.92 Å². The minimum absolute atomic E-state index is 0.226. The van der Waals surface area contributed by atoms with Crippen LogP contribution in [0.2, 0.25) is 0 Å². The molecule has 30 heavy (non-hydrogen) atoms. The Bertz CT molecular complexity index is 1090. The predicted molar refractivity (Wildman–Crippen MR) is 133 cm³/mol. The molecular weight excluding hydrogens is 500 g/mol. The Morgan fingerprint density at radius 2 is 1.50 bits per heavy atom. The molecule has 1 saturated carbocycles. The molecule has 2 aliphatic rings. The highest BCUT2D eigenvalue weighted by molar-refractivity contribution is 9.10. The minimum atomic E-state index is 0.226. The van der Waals surface area contributed by atoms with Gasteiger partial charge in [-0.25, -0.2) is 0 Å². The highest BCUT2D eigenvalue weighted by Crippen LogP contribution is 2.46. The molecule has 150 valence electrons. The van der Waals surface area contributed by atoms with Gasteiger partial charge < -0.3 is 0 Å². The number of allylic oxidation sites excluding steroid dienone is 1. The standard InChI is InChI=1S/C26H22Br2N2/c27-21-13-9-18(10-14-21)17-20-5-4-8-24-25(20)29-30(23-6-2-1-3-7-23)26(24)19-11-15-22(28)16-12-19/h1-3,6-7,9-17,24,26H,4-5,8H2/b20-17+. The fourth-order valence-corrected chi connectivity index (χ4v) is 5.08. The summed E-state index contributed by atoms with van der Waals surface area (Å²) < 4.78 is 2.21. The van der Waals surface area contributed by atoms with Crippen LogP contribution in [0.25, 0.3) is 6.08 Å². The number of halogens is 2. The maximum Gasteiger partial charge on any atom is 0.0859 e. The van der Waals surface area contributed by atoms with Gasteiger partial charge in [0.25, 0.3) is 0 Å². The van der Waals surface area contributed by atoms with Crippen LogP contribution in [-0.4, -0.2) is 5.71 Å². The summed E-state index contributed by atoms with van der Waals surface area (Å²) in [6.45, 7) is 0. The van der Waals surface area contributed by atoms with Crippen molar-refractivity contribution in [3.05, 3.63) is 105 Å². The third kappa shape index (κ3) is 3.91. The van der Waals surface area contributed by atoms with E-state index in [1.54, 1.807) is 0 Å². The Balaban J connectivity index is 1.58. The fourth-order valence-electron chi connectivity index (χ4n) is 4.55. The van der Waals surface area contributed by atoms with E-state index in [-0.39, 0.29) is 6.04 Å². The van der Waals surface area contributed by atoms with Crippen LogP contribution in [0, 0.1) is 5.92 Å². The van der Waals surface area contributed by atoms with E-state index in [0.717, 1.165) is 21.1 Å². The van der Waals surface area contributed by atoms with Crippen LogP contribution < -0.4 is 5.01 Å². The third-order valence-electron chi connectivity index (χ3n) is 5.94. The van der Waals surface area contributed by atoms with Crippen LogP contribution in [0.1, 0.15) is 36.4 Å². The van der Waals surface area contributed by atoms with Crippen molar-refractivity contribution in [2.24, 2.45) is 11.0 Å². The van der Waals surface area contributed by atoms with Gasteiger partial charge in [-0.1, -0.05) is 74.3 Å². The van der Waals surface area contributed by atoms with E-state index in [9.17, 15) is 0 Å². The maximum absolute atomic E-state index is 5.22. The molecule has 0 spiro atoms. The monoisotopic (exact) mass is 520 g/mol. The van der Waals surface area contributed by atoms with Gasteiger partial charge in [0, 0.05) is 14.9 Å². The third-order valence-corrected chi connectivity index (χ3v) is 7.00. The van der Waals surface area contributed by atoms with Crippen molar-refractivity contribution in [2.75, 3.05) is 5.01 Å². The van der Waals surface area contributed by atoms with Crippen LogP contribution in [0.4, 0.5) is 5.69 Å². The number of hydrogen-bond donors (Lipinski definition) is 0. The van der Waals surface area contributed by atoms with Gasteiger partial charge in [-0.3, -0.25) is 5.01 Å². The number of nitrogens with zero attached hydrogens (tertiary/aromatic N) is 2. The molecule has 0 N–H and O–H groups in total. The number of hydrazone groups is 1. The quantitative estimate of drug-likeness (QED) is 0.340. The van der Waals surface area contributed by atoms with Crippen LogP contribution in [-0.2, 0) is 0 Å². The van der Waals surface area contributed by atoms with Gasteiger partial charge in [0.05, 0.1) is 17.4 Å². The van der Waals surface area contributed by atoms with Crippen LogP contribution in [0.15, 0.2) is 98.5 Å². The molecule has 1 aliphatic heterocycles. The van der Waals surface area contributed by atoms with Gasteiger partial charge >= 0.3 is 0 Å². The number of rotatable bonds is 3. The molecule has 2 nitrogen and oxygen atoms in total. The van der Waals surface area contributed by atoms with E-state index in [2.05, 4.69) is 122 Å². The zero-order chi connectivity index (χ0) is 20.5. The van der Waals surface area contributed by atoms with Crippen molar-refractivity contribution in [3.63, 3.8) is 0 Å². The van der Waals surface area contributed by atoms with Crippen LogP contribution in [0.5, 0.6) is 0 Å². The van der Waals surface area contributed by atoms with Gasteiger partial charge in [0.1, 0.15) is 0 Å². The predicted octanol–water partition coefficient (Wildman–Crippen LogP) is 8.01. The molecule has 4 heteroatoms. The molecule has 2 atom stereocenters. The van der Waals surface area contributed by atoms with Gasteiger partial charge in [-0.2, -0.15) is 5.10 Å². The highest BCUT2D eigenvalue weighted by Gasteiger charge is 2.41. The molecule has 3 aromatic carbocycles. The van der Waals surface area contributed by atoms with Gasteiger partial charge in [0.15, 0.2) is 0 Å². The van der Waals surface area contributed by atoms with Gasteiger partial charge in [-0.05, 0) is 78.4 Å². The van der Waals surface area contributed by atoms with E-state index in [1.165, 1.54) is 35.3 Å². The second-order valence-electron chi connectivity index (χ2n) is 7.88. The summed E-state index contributed by atoms with van der Waals surface area (Å²) in [4.78, 5) is 0. The summed E-state index contributed by atoms with van der Waals surface area (Å²) in [7, 11) is 0. The molecular formula is C26H22Br2N2. The molecule has 0 saturated heterocycles. The highest BCUT2D eigenvalue weighted by atomic mass is 79.9. The number of para-hydroxylation sites is 1. The molecule has 1 fully saturated rings. The Morgan fingerprint density at radius 1 is 0.833 bits per heavy atom. The minimum Gasteiger partial charge on any atom is -0.257 e. The van der Waals surface area contributed by atoms with Crippen molar-refractivity contribution in [2.45, 2.75) is 25.3 Å². The Hall–Kier alpha value is -2.17. The first-order chi connectivity index (χ1) is 14.7. The van der Waals surface area contributed by atoms with Crippen molar-refractivity contribution < 1.29 is 0 Å². The topological polar surface area (TPSA) is 15.6 Å². The second kappa shape index (κ2) is 8.52. The Morgan fingerprint density at radius 3 is 2.20 bits per heavy atom. The summed E-state index contributed by atoms with van der Waals surface area (Å²) in [5.74, 6) is 0.404. The summed E-state index contributed by atoms with van der Waals surface area (Å²) in [6, 6.07) is 28.1. The second-order valence-corrected chi connectivity index (χ2v) is 9.71. The smallest absolute Gasteiger partial charge is 0.0859 e. The van der Waals surface area contributed by atoms with E-state index in [4.69, 9.17) is 5.10 Å². The summed E-state index contributed by atoms with van der Waals surface area (Å²) >= 11 is 7.11. The zero-order valence-electron chi connectivity index (χ0n) is 16.5. The molecule has 0 bridgehead atoms. The molecule has 1 heterocycles. The lowest BCUT2D eigenvalue weighted by Gasteiger charge is -2.30. The van der Waals surface area contributed by atoms with Crippen molar-refractivity contribution >= 4 is 49.3 Å². The number of anilines is 1. The fraction of sp³-hybridized carbons (Fsp3) is 0.192. The van der Waals surface area contributed by atoms with Crippen LogP contribution in [0.3, 0.4) is 0 Å². The number of hydrogen-bond acceptors (Lipinski definition) is 2. The number of fused-ring (bicyclic) bond motifs is 1. The van der Waals surface area contributed by atoms with Crippen molar-refractivity contribution in [3.8, 4) is 0 Å². The first-order valence-corrected chi connectivity index (χ1v) is 11.9. The molecule has 0 aromatic heterocycles. The average molecular weight is 522 g/mol. The normalized spacial score (nSPS) is 22.1. The first kappa shape index (κ1) is 19.8. The summed E-state index contributed by atoms with van der Waals surface area (Å²) in [6.07, 6.45) is 5.77. The lowest BCUT2D eigenvalue weighted by Crippen LogP contribution is -2.28. The van der Waals surface area contributed by atoms with Crippen molar-refractivity contribution in [1.29, 1.82) is 0 Å². The largest absolute Gasteiger partial charge is 0.257 e. The van der Waals surface area contributed by atoms with E-state index >= 15 is 0 Å². The van der Waals surface area contributed by atoms with Gasteiger partial charge in [-0.15, -0.1) is 0 Å². The molecule has 3 aromatic rings. The molecule has 1 aliphatic carbocycles. The Labute approximate surface area is 194 Å². The lowest BCUT2D eigenvalue weighted by molar-refractivity contribution is 0.488. The van der Waals surface area contributed by atoms with Crippen molar-refractivity contribution in [1.82, 2.24) is 0 Å². The summed E-state index contributed by atoms with van der Waals surface area (Å²) in [5, 5.41) is 7.46. The number of benzene rings is 3. The van der Waals surface area contributed by atoms with E-state index in [1.807, 2.05) is 0 Å². The molecule has 5 rings (SSSR count). The summed E-state index contributed by atoms with van der Waals surface area (Å²) in [5.41, 5.74) is 6.32. The molecule has 0 radical (unpaired) electrons. The average Bonchev–Trinajstić information content (AvgIpc) is 3.17. The van der Waals surface area contributed by atoms with Gasteiger partial charge in [0.2, 0.25) is 0 Å². The first-order valence-electron chi connectivity index (χ1n) is 10.3.